The quantitative estimate of drug-likeness (QED) is 0.467. The summed E-state index contributed by atoms with van der Waals surface area (Å²) >= 11 is 1.02. The Morgan fingerprint density at radius 3 is 2.22 bits per heavy atom. The van der Waals surface area contributed by atoms with Crippen LogP contribution in [0.4, 0.5) is 0 Å². The van der Waals surface area contributed by atoms with Crippen molar-refractivity contribution in [2.75, 3.05) is 0 Å². The van der Waals surface area contributed by atoms with Gasteiger partial charge < -0.3 is 16.6 Å². The van der Waals surface area contributed by atoms with Crippen LogP contribution in [-0.2, 0) is 4.79 Å². The fraction of sp³-hybridized carbons (Fsp3) is 0.750. The number of carboxylic acids is 1. The zero-order valence-corrected chi connectivity index (χ0v) is 5.89. The van der Waals surface area contributed by atoms with Crippen LogP contribution in [0.1, 0.15) is 6.92 Å². The second-order valence-electron chi connectivity index (χ2n) is 1.60. The number of hydrogen-bond donors (Lipinski definition) is 3. The normalized spacial score (nSPS) is 16.8. The molecule has 0 saturated heterocycles. The standard InChI is InChI=1S/C4H10N2O2S/c1-2(5)9-3(6)4(7)8/h2-3H,5-6H2,1H3,(H,7,8). The van der Waals surface area contributed by atoms with Crippen molar-refractivity contribution >= 4 is 17.7 Å². The van der Waals surface area contributed by atoms with E-state index >= 15 is 0 Å². The van der Waals surface area contributed by atoms with Crippen molar-refractivity contribution in [3.63, 3.8) is 0 Å². The zero-order chi connectivity index (χ0) is 7.44. The van der Waals surface area contributed by atoms with Crippen LogP contribution in [0.25, 0.3) is 0 Å². The first-order chi connectivity index (χ1) is 4.04. The molecule has 0 bridgehead atoms. The molecule has 0 aromatic heterocycles. The minimum Gasteiger partial charge on any atom is -0.479 e. The van der Waals surface area contributed by atoms with Crippen molar-refractivity contribution in [2.45, 2.75) is 17.7 Å². The molecule has 54 valence electrons. The van der Waals surface area contributed by atoms with Crippen LogP contribution < -0.4 is 11.5 Å². The van der Waals surface area contributed by atoms with Gasteiger partial charge in [-0.2, -0.15) is 0 Å². The van der Waals surface area contributed by atoms with Gasteiger partial charge in [0.1, 0.15) is 0 Å². The van der Waals surface area contributed by atoms with Gasteiger partial charge in [-0.1, -0.05) is 0 Å². The number of aliphatic carboxylic acids is 1. The van der Waals surface area contributed by atoms with Crippen LogP contribution in [0.5, 0.6) is 0 Å². The highest BCUT2D eigenvalue weighted by Gasteiger charge is 2.12. The molecule has 0 heterocycles. The fourth-order valence-corrected chi connectivity index (χ4v) is 0.868. The number of carboxylic acid groups (broad SMARTS) is 1. The Balaban J connectivity index is 3.50. The van der Waals surface area contributed by atoms with E-state index in [1.54, 1.807) is 6.92 Å². The number of nitrogens with two attached hydrogens (primary N) is 2. The maximum Gasteiger partial charge on any atom is 0.331 e. The number of hydrogen-bond acceptors (Lipinski definition) is 4. The Morgan fingerprint density at radius 2 is 2.11 bits per heavy atom. The van der Waals surface area contributed by atoms with Crippen molar-refractivity contribution in [3.8, 4) is 0 Å². The topological polar surface area (TPSA) is 89.3 Å². The van der Waals surface area contributed by atoms with Gasteiger partial charge in [0.2, 0.25) is 0 Å². The molecule has 0 aliphatic carbocycles. The molecule has 0 fully saturated rings. The van der Waals surface area contributed by atoms with Gasteiger partial charge in [0.05, 0.1) is 0 Å². The molecule has 0 aromatic rings. The van der Waals surface area contributed by atoms with Crippen LogP contribution in [-0.4, -0.2) is 21.8 Å². The minimum atomic E-state index is -1.03. The zero-order valence-electron chi connectivity index (χ0n) is 5.07. The first-order valence-electron chi connectivity index (χ1n) is 2.43. The van der Waals surface area contributed by atoms with E-state index in [4.69, 9.17) is 16.6 Å². The Morgan fingerprint density at radius 1 is 1.67 bits per heavy atom. The van der Waals surface area contributed by atoms with Crippen molar-refractivity contribution in [1.82, 2.24) is 0 Å². The Kier molecular flexibility index (Phi) is 3.60. The maximum atomic E-state index is 10.0. The van der Waals surface area contributed by atoms with E-state index < -0.39 is 11.3 Å². The molecule has 0 rings (SSSR count). The van der Waals surface area contributed by atoms with Crippen molar-refractivity contribution < 1.29 is 9.90 Å². The first-order valence-corrected chi connectivity index (χ1v) is 3.37. The first kappa shape index (κ1) is 8.74. The molecule has 0 amide bonds. The minimum absolute atomic E-state index is 0.226. The van der Waals surface area contributed by atoms with Gasteiger partial charge >= 0.3 is 5.97 Å². The predicted molar refractivity (Wildman–Crippen MR) is 36.9 cm³/mol. The van der Waals surface area contributed by atoms with Crippen LogP contribution in [0, 0.1) is 0 Å². The summed E-state index contributed by atoms with van der Waals surface area (Å²) in [6.45, 7) is 1.69. The maximum absolute atomic E-state index is 10.0. The second kappa shape index (κ2) is 3.71. The molecule has 2 unspecified atom stereocenters. The van der Waals surface area contributed by atoms with E-state index in [0.717, 1.165) is 11.8 Å². The molecule has 0 aromatic carbocycles. The summed E-state index contributed by atoms with van der Waals surface area (Å²) < 4.78 is 0. The fourth-order valence-electron chi connectivity index (χ4n) is 0.289. The highest BCUT2D eigenvalue weighted by Crippen LogP contribution is 2.08. The van der Waals surface area contributed by atoms with Crippen LogP contribution in [0.3, 0.4) is 0 Å². The molecule has 0 aliphatic heterocycles. The Labute approximate surface area is 57.6 Å². The van der Waals surface area contributed by atoms with E-state index in [2.05, 4.69) is 0 Å². The van der Waals surface area contributed by atoms with Gasteiger partial charge in [0, 0.05) is 5.37 Å². The van der Waals surface area contributed by atoms with E-state index in [-0.39, 0.29) is 5.37 Å². The lowest BCUT2D eigenvalue weighted by Gasteiger charge is -2.07. The van der Waals surface area contributed by atoms with Gasteiger partial charge in [0.15, 0.2) is 5.37 Å². The molecule has 0 saturated carbocycles. The monoisotopic (exact) mass is 150 g/mol. The SMILES string of the molecule is CC(N)SC(N)C(=O)O. The van der Waals surface area contributed by atoms with E-state index in [1.807, 2.05) is 0 Å². The molecular weight excluding hydrogens is 140 g/mol. The number of thioether (sulfide) groups is 1. The number of rotatable bonds is 3. The van der Waals surface area contributed by atoms with E-state index in [0.29, 0.717) is 0 Å². The molecule has 0 spiro atoms. The molecule has 4 nitrogen and oxygen atoms in total. The molecular formula is C4H10N2O2S. The van der Waals surface area contributed by atoms with Gasteiger partial charge in [-0.3, -0.25) is 0 Å². The van der Waals surface area contributed by atoms with Crippen molar-refractivity contribution in [1.29, 1.82) is 0 Å². The number of carbonyl (C=O) groups is 1. The van der Waals surface area contributed by atoms with Gasteiger partial charge in [-0.05, 0) is 6.92 Å². The summed E-state index contributed by atoms with van der Waals surface area (Å²) in [5, 5.41) is 7.11. The third kappa shape index (κ3) is 4.26. The smallest absolute Gasteiger partial charge is 0.331 e. The third-order valence-electron chi connectivity index (χ3n) is 0.605. The lowest BCUT2D eigenvalue weighted by Crippen LogP contribution is -2.30. The van der Waals surface area contributed by atoms with Crippen LogP contribution in [0.2, 0.25) is 0 Å². The molecule has 5 heteroatoms. The summed E-state index contributed by atoms with van der Waals surface area (Å²) in [6, 6.07) is 0. The van der Waals surface area contributed by atoms with Crippen molar-refractivity contribution in [2.24, 2.45) is 11.5 Å². The molecule has 0 radical (unpaired) electrons. The molecule has 2 atom stereocenters. The summed E-state index contributed by atoms with van der Waals surface area (Å²) in [6.07, 6.45) is 0. The van der Waals surface area contributed by atoms with E-state index in [1.165, 1.54) is 0 Å². The highest BCUT2D eigenvalue weighted by atomic mass is 32.2. The highest BCUT2D eigenvalue weighted by molar-refractivity contribution is 8.01. The third-order valence-corrected chi connectivity index (χ3v) is 1.53. The van der Waals surface area contributed by atoms with Gasteiger partial charge in [0.25, 0.3) is 0 Å². The molecule has 9 heavy (non-hydrogen) atoms. The van der Waals surface area contributed by atoms with Crippen LogP contribution >= 0.6 is 11.8 Å². The lowest BCUT2D eigenvalue weighted by atomic mass is 10.7. The van der Waals surface area contributed by atoms with Gasteiger partial charge in [-0.25, -0.2) is 4.79 Å². The van der Waals surface area contributed by atoms with Crippen molar-refractivity contribution in [3.05, 3.63) is 0 Å². The van der Waals surface area contributed by atoms with Gasteiger partial charge in [-0.15, -0.1) is 11.8 Å². The molecule has 5 N–H and O–H groups in total. The Bertz CT molecular complexity index is 107. The summed E-state index contributed by atoms with van der Waals surface area (Å²) in [7, 11) is 0. The average molecular weight is 150 g/mol. The lowest BCUT2D eigenvalue weighted by molar-refractivity contribution is -0.136. The summed E-state index contributed by atoms with van der Waals surface area (Å²) in [5.41, 5.74) is 10.4. The van der Waals surface area contributed by atoms with Crippen LogP contribution in [0.15, 0.2) is 0 Å². The predicted octanol–water partition coefficient (Wildman–Crippen LogP) is -0.606. The Hall–Kier alpha value is -0.260. The second-order valence-corrected chi connectivity index (χ2v) is 3.12. The summed E-state index contributed by atoms with van der Waals surface area (Å²) in [5.74, 6) is -1.03. The van der Waals surface area contributed by atoms with E-state index in [9.17, 15) is 4.79 Å². The average Bonchev–Trinajstić information content (AvgIpc) is 1.63. The largest absolute Gasteiger partial charge is 0.479 e. The summed E-state index contributed by atoms with van der Waals surface area (Å²) in [4.78, 5) is 10.0. The molecule has 0 aliphatic rings.